The molecule has 0 radical (unpaired) electrons. The van der Waals surface area contributed by atoms with Crippen LogP contribution in [-0.2, 0) is 22.6 Å². The molecule has 0 aliphatic heterocycles. The van der Waals surface area contributed by atoms with Crippen LogP contribution < -0.4 is 11.0 Å². The molecule has 0 aliphatic rings. The fourth-order valence-electron chi connectivity index (χ4n) is 3.76. The molecule has 2 aromatic carbocycles. The lowest BCUT2D eigenvalue weighted by Crippen LogP contribution is -2.43. The first kappa shape index (κ1) is 29.5. The number of ether oxygens (including phenoxy) is 2. The molecule has 2 atom stereocenters. The van der Waals surface area contributed by atoms with Gasteiger partial charge in [-0.15, -0.1) is 5.10 Å². The van der Waals surface area contributed by atoms with Crippen LogP contribution in [0.2, 0.25) is 0 Å². The average Bonchev–Trinajstić information content (AvgIpc) is 3.44. The molecule has 2 aromatic heterocycles. The van der Waals surface area contributed by atoms with Gasteiger partial charge in [-0.05, 0) is 18.1 Å². The molecule has 41 heavy (non-hydrogen) atoms. The van der Waals surface area contributed by atoms with E-state index in [1.54, 1.807) is 30.3 Å². The van der Waals surface area contributed by atoms with Gasteiger partial charge in [-0.3, -0.25) is 9.88 Å². The van der Waals surface area contributed by atoms with Crippen molar-refractivity contribution >= 4 is 11.9 Å². The van der Waals surface area contributed by atoms with Gasteiger partial charge >= 0.3 is 17.7 Å². The van der Waals surface area contributed by atoms with Gasteiger partial charge in [0.05, 0.1) is 31.0 Å². The number of carbonyl (C=O) groups is 1. The summed E-state index contributed by atoms with van der Waals surface area (Å²) in [6.07, 6.45) is -1.97. The lowest BCUT2D eigenvalue weighted by atomic mass is 10.2. The highest BCUT2D eigenvalue weighted by Crippen LogP contribution is 2.32. The van der Waals surface area contributed by atoms with E-state index in [1.807, 2.05) is 30.3 Å². The van der Waals surface area contributed by atoms with E-state index >= 15 is 0 Å². The number of aromatic nitrogens is 5. The molecule has 0 fully saturated rings. The highest BCUT2D eigenvalue weighted by molar-refractivity contribution is 5.88. The number of carbonyl (C=O) groups excluding carboxylic acids is 1. The average molecular weight is 571 g/mol. The van der Waals surface area contributed by atoms with Crippen molar-refractivity contribution in [3.63, 3.8) is 0 Å². The number of nitrogens with one attached hydrogen (secondary N) is 1. The first-order valence-corrected chi connectivity index (χ1v) is 12.5. The number of benzene rings is 2. The van der Waals surface area contributed by atoms with Crippen LogP contribution in [0.3, 0.4) is 0 Å². The largest absolute Gasteiger partial charge is 0.444 e. The van der Waals surface area contributed by atoms with Crippen LogP contribution in [-0.4, -0.2) is 66.1 Å². The number of amides is 1. The Hall–Kier alpha value is -4.53. The summed E-state index contributed by atoms with van der Waals surface area (Å²) < 4.78 is 41.9. The SMILES string of the molecule is CC(CO)O[C@@H](n1cc(-c2cn(Cc3ccccc3)nn2)c(NC(=O)OCc2ccccc2)nc1=O)C(F)(F)CO. The second kappa shape index (κ2) is 13.2. The third-order valence-corrected chi connectivity index (χ3v) is 5.83. The third kappa shape index (κ3) is 7.57. The second-order valence-electron chi connectivity index (χ2n) is 9.07. The van der Waals surface area contributed by atoms with Crippen molar-refractivity contribution in [2.24, 2.45) is 0 Å². The zero-order chi connectivity index (χ0) is 29.4. The first-order chi connectivity index (χ1) is 19.7. The van der Waals surface area contributed by atoms with Gasteiger partial charge in [0.2, 0.25) is 6.23 Å². The lowest BCUT2D eigenvalue weighted by molar-refractivity contribution is -0.213. The Kier molecular flexibility index (Phi) is 9.49. The van der Waals surface area contributed by atoms with Crippen LogP contribution >= 0.6 is 0 Å². The van der Waals surface area contributed by atoms with E-state index in [0.717, 1.165) is 11.8 Å². The van der Waals surface area contributed by atoms with Gasteiger partial charge in [-0.2, -0.15) is 13.8 Å². The predicted octanol–water partition coefficient (Wildman–Crippen LogP) is 2.82. The molecule has 1 unspecified atom stereocenters. The fourth-order valence-corrected chi connectivity index (χ4v) is 3.76. The van der Waals surface area contributed by atoms with Gasteiger partial charge in [0, 0.05) is 6.20 Å². The summed E-state index contributed by atoms with van der Waals surface area (Å²) >= 11 is 0. The zero-order valence-electron chi connectivity index (χ0n) is 21.9. The summed E-state index contributed by atoms with van der Waals surface area (Å²) in [5.41, 5.74) is 0.414. The summed E-state index contributed by atoms with van der Waals surface area (Å²) in [5.74, 6) is -4.27. The normalized spacial score (nSPS) is 13.0. The van der Waals surface area contributed by atoms with Gasteiger partial charge < -0.3 is 19.7 Å². The van der Waals surface area contributed by atoms with Crippen molar-refractivity contribution in [3.8, 4) is 11.3 Å². The van der Waals surface area contributed by atoms with E-state index in [2.05, 4.69) is 20.6 Å². The molecule has 4 rings (SSSR count). The van der Waals surface area contributed by atoms with E-state index in [-0.39, 0.29) is 23.7 Å². The molecule has 14 heteroatoms. The highest BCUT2D eigenvalue weighted by atomic mass is 19.3. The molecule has 4 aromatic rings. The number of nitrogens with zero attached hydrogens (tertiary/aromatic N) is 5. The summed E-state index contributed by atoms with van der Waals surface area (Å²) in [6, 6.07) is 18.2. The van der Waals surface area contributed by atoms with E-state index in [1.165, 1.54) is 17.8 Å². The fraction of sp³-hybridized carbons (Fsp3) is 0.296. The monoisotopic (exact) mass is 570 g/mol. The highest BCUT2D eigenvalue weighted by Gasteiger charge is 2.43. The Labute approximate surface area is 232 Å². The van der Waals surface area contributed by atoms with Gasteiger partial charge in [0.1, 0.15) is 18.9 Å². The minimum atomic E-state index is -3.94. The van der Waals surface area contributed by atoms with Crippen LogP contribution in [0.5, 0.6) is 0 Å². The van der Waals surface area contributed by atoms with Crippen molar-refractivity contribution in [2.45, 2.75) is 38.3 Å². The first-order valence-electron chi connectivity index (χ1n) is 12.5. The van der Waals surface area contributed by atoms with Gasteiger partial charge in [-0.25, -0.2) is 14.3 Å². The Balaban J connectivity index is 1.72. The molecule has 0 spiro atoms. The zero-order valence-corrected chi connectivity index (χ0v) is 21.9. The standard InChI is InChI=1S/C27H28F2N6O6/c1-18(15-36)41-24(27(28,29)17-37)35-13-21(22-14-34(33-32-22)12-19-8-4-2-5-9-19)23(30-25(35)38)31-26(39)40-16-20-10-6-3-7-11-20/h2-11,13-14,18,24,36-37H,12,15-17H2,1H3,(H,30,31,38,39)/t18?,24-/m1/s1. The number of alkyl halides is 2. The summed E-state index contributed by atoms with van der Waals surface area (Å²) in [4.78, 5) is 29.4. The minimum absolute atomic E-state index is 0.0560. The van der Waals surface area contributed by atoms with Crippen molar-refractivity contribution < 1.29 is 33.3 Å². The quantitative estimate of drug-likeness (QED) is 0.233. The smallest absolute Gasteiger partial charge is 0.413 e. The topological polar surface area (TPSA) is 154 Å². The van der Waals surface area contributed by atoms with Crippen molar-refractivity contribution in [2.75, 3.05) is 18.5 Å². The van der Waals surface area contributed by atoms with E-state index in [9.17, 15) is 28.6 Å². The molecular formula is C27H28F2N6O6. The molecular weight excluding hydrogens is 542 g/mol. The summed E-state index contributed by atoms with van der Waals surface area (Å²) in [6.45, 7) is -0.729. The number of hydrogen-bond acceptors (Lipinski definition) is 9. The van der Waals surface area contributed by atoms with Crippen LogP contribution in [0.4, 0.5) is 19.4 Å². The van der Waals surface area contributed by atoms with Crippen LogP contribution in [0.25, 0.3) is 11.3 Å². The second-order valence-corrected chi connectivity index (χ2v) is 9.07. The number of hydrogen-bond donors (Lipinski definition) is 3. The van der Waals surface area contributed by atoms with Crippen LogP contribution in [0.1, 0.15) is 24.3 Å². The Morgan fingerprint density at radius 1 is 1.05 bits per heavy atom. The van der Waals surface area contributed by atoms with Crippen molar-refractivity contribution in [3.05, 3.63) is 94.7 Å². The number of halogens is 2. The molecule has 12 nitrogen and oxygen atoms in total. The molecule has 3 N–H and O–H groups in total. The van der Waals surface area contributed by atoms with E-state index in [0.29, 0.717) is 16.7 Å². The molecule has 2 heterocycles. The number of anilines is 1. The molecule has 0 aliphatic carbocycles. The number of aliphatic hydroxyl groups is 2. The maximum absolute atomic E-state index is 14.8. The number of aliphatic hydroxyl groups excluding tert-OH is 2. The lowest BCUT2D eigenvalue weighted by Gasteiger charge is -2.29. The van der Waals surface area contributed by atoms with Crippen LogP contribution in [0, 0.1) is 0 Å². The number of rotatable bonds is 12. The Morgan fingerprint density at radius 2 is 1.71 bits per heavy atom. The molecule has 1 amide bonds. The minimum Gasteiger partial charge on any atom is -0.444 e. The Bertz CT molecular complexity index is 1500. The molecule has 216 valence electrons. The maximum Gasteiger partial charge on any atom is 0.413 e. The predicted molar refractivity (Wildman–Crippen MR) is 142 cm³/mol. The van der Waals surface area contributed by atoms with Crippen LogP contribution in [0.15, 0.2) is 77.9 Å². The third-order valence-electron chi connectivity index (χ3n) is 5.83. The van der Waals surface area contributed by atoms with Gasteiger partial charge in [-0.1, -0.05) is 65.9 Å². The van der Waals surface area contributed by atoms with E-state index in [4.69, 9.17) is 9.47 Å². The van der Waals surface area contributed by atoms with Crippen molar-refractivity contribution in [1.29, 1.82) is 0 Å². The molecule has 0 saturated heterocycles. The summed E-state index contributed by atoms with van der Waals surface area (Å²) in [5, 5.41) is 29.2. The maximum atomic E-state index is 14.8. The van der Waals surface area contributed by atoms with Crippen molar-refractivity contribution in [1.82, 2.24) is 24.5 Å². The molecule has 0 bridgehead atoms. The molecule has 0 saturated carbocycles. The Morgan fingerprint density at radius 3 is 2.34 bits per heavy atom. The van der Waals surface area contributed by atoms with Gasteiger partial charge in [0.15, 0.2) is 5.82 Å². The van der Waals surface area contributed by atoms with E-state index < -0.39 is 43.3 Å². The summed E-state index contributed by atoms with van der Waals surface area (Å²) in [7, 11) is 0. The van der Waals surface area contributed by atoms with Gasteiger partial charge in [0.25, 0.3) is 0 Å².